The van der Waals surface area contributed by atoms with Gasteiger partial charge in [0, 0.05) is 29.2 Å². The van der Waals surface area contributed by atoms with Gasteiger partial charge in [-0.3, -0.25) is 9.88 Å². The van der Waals surface area contributed by atoms with E-state index in [-0.39, 0.29) is 31.2 Å². The summed E-state index contributed by atoms with van der Waals surface area (Å²) in [7, 11) is 0. The van der Waals surface area contributed by atoms with E-state index in [2.05, 4.69) is 16.0 Å². The van der Waals surface area contributed by atoms with Crippen LogP contribution in [0.25, 0.3) is 10.9 Å². The maximum absolute atomic E-state index is 13.6. The number of carbonyl (C=O) groups excluding carboxylic acids is 1. The largest absolute Gasteiger partial charge is 0.492 e. The highest BCUT2D eigenvalue weighted by Gasteiger charge is 2.37. The molecule has 0 fully saturated rings. The molecule has 1 aromatic carbocycles. The summed E-state index contributed by atoms with van der Waals surface area (Å²) in [5.74, 6) is 0.328. The van der Waals surface area contributed by atoms with E-state index in [0.717, 1.165) is 48.0 Å². The maximum Gasteiger partial charge on any atom is 0.332 e. The number of hydrogen-bond donors (Lipinski definition) is 1. The Morgan fingerprint density at radius 2 is 1.92 bits per heavy atom. The molecule has 1 aliphatic rings. The molecule has 2 atom stereocenters. The van der Waals surface area contributed by atoms with Crippen molar-refractivity contribution in [3.8, 4) is 5.75 Å². The normalized spacial score (nSPS) is 17.6. The smallest absolute Gasteiger partial charge is 0.332 e. The molecule has 0 saturated carbocycles. The molecule has 4 rings (SSSR count). The van der Waals surface area contributed by atoms with Crippen LogP contribution in [0.1, 0.15) is 62.5 Å². The molecule has 9 heteroatoms. The van der Waals surface area contributed by atoms with Crippen molar-refractivity contribution in [3.05, 3.63) is 59.5 Å². The van der Waals surface area contributed by atoms with E-state index in [9.17, 15) is 13.6 Å². The quantitative estimate of drug-likeness (QED) is 0.214. The van der Waals surface area contributed by atoms with Gasteiger partial charge in [0.15, 0.2) is 0 Å². The van der Waals surface area contributed by atoms with Crippen molar-refractivity contribution in [2.75, 3.05) is 33.0 Å². The summed E-state index contributed by atoms with van der Waals surface area (Å²) < 4.78 is 43.1. The lowest BCUT2D eigenvalue weighted by Crippen LogP contribution is -2.45. The van der Waals surface area contributed by atoms with Gasteiger partial charge in [-0.05, 0) is 63.3 Å². The van der Waals surface area contributed by atoms with E-state index < -0.39 is 6.43 Å². The molecule has 7 nitrogen and oxygen atoms in total. The minimum Gasteiger partial charge on any atom is -0.492 e. The number of nitrogens with zero attached hydrogens (tertiary/aromatic N) is 2. The lowest BCUT2D eigenvalue weighted by molar-refractivity contribution is -0.148. The van der Waals surface area contributed by atoms with Gasteiger partial charge in [-0.15, -0.1) is 0 Å². The zero-order valence-electron chi connectivity index (χ0n) is 22.1. The highest BCUT2D eigenvalue weighted by Crippen LogP contribution is 2.40. The van der Waals surface area contributed by atoms with Crippen molar-refractivity contribution >= 4 is 16.9 Å². The van der Waals surface area contributed by atoms with E-state index >= 15 is 0 Å². The highest BCUT2D eigenvalue weighted by atomic mass is 19.3. The standard InChI is InChI=1S/C29H37F2N3O4/c1-3-37-27(35)19-36-14-8-4-5-9-15-38-21-12-13-25(32-17-21)29-28-23(16-20(2)34(29)18-26(30)31)22-10-6-7-11-24(22)33-28/h6-7,10-13,17,20,26,29,33H,3-5,8-9,14-16,18-19H2,1-2H3/t20-,29-/m1/s1. The first-order valence-corrected chi connectivity index (χ1v) is 13.4. The number of rotatable bonds is 14. The van der Waals surface area contributed by atoms with Gasteiger partial charge in [-0.25, -0.2) is 13.6 Å². The van der Waals surface area contributed by atoms with Crippen LogP contribution in [0.5, 0.6) is 5.75 Å². The van der Waals surface area contributed by atoms with Gasteiger partial charge in [0.1, 0.15) is 12.4 Å². The number of esters is 1. The van der Waals surface area contributed by atoms with Crippen LogP contribution in [0.15, 0.2) is 42.6 Å². The Hall–Kier alpha value is -3.04. The topological polar surface area (TPSA) is 76.7 Å². The number of unbranched alkanes of at least 4 members (excludes halogenated alkanes) is 3. The second-order valence-electron chi connectivity index (χ2n) is 9.65. The second kappa shape index (κ2) is 13.7. The van der Waals surface area contributed by atoms with Gasteiger partial charge in [-0.1, -0.05) is 24.6 Å². The SMILES string of the molecule is CCOC(=O)COCCCCCCOc1ccc([C@@H]2c3[nH]c4ccccc4c3C[C@@H](C)N2CC(F)F)nc1. The molecule has 2 aromatic heterocycles. The molecule has 206 valence electrons. The lowest BCUT2D eigenvalue weighted by atomic mass is 9.90. The Balaban J connectivity index is 1.32. The third-order valence-electron chi connectivity index (χ3n) is 6.88. The number of benzene rings is 1. The molecule has 0 saturated heterocycles. The fourth-order valence-electron chi connectivity index (χ4n) is 5.12. The Kier molecular flexibility index (Phi) is 10.1. The number of H-pyrrole nitrogens is 1. The predicted octanol–water partition coefficient (Wildman–Crippen LogP) is 5.68. The zero-order chi connectivity index (χ0) is 26.9. The number of aromatic nitrogens is 2. The van der Waals surface area contributed by atoms with E-state index in [4.69, 9.17) is 14.2 Å². The monoisotopic (exact) mass is 529 g/mol. The number of pyridine rings is 1. The first-order chi connectivity index (χ1) is 18.5. The van der Waals surface area contributed by atoms with Crippen LogP contribution >= 0.6 is 0 Å². The number of alkyl halides is 2. The van der Waals surface area contributed by atoms with Crippen LogP contribution < -0.4 is 4.74 Å². The average Bonchev–Trinajstić information content (AvgIpc) is 3.26. The minimum absolute atomic E-state index is 0.00120. The number of nitrogens with one attached hydrogen (secondary N) is 1. The lowest BCUT2D eigenvalue weighted by Gasteiger charge is -2.40. The Morgan fingerprint density at radius 3 is 2.66 bits per heavy atom. The van der Waals surface area contributed by atoms with Crippen LogP contribution in [0, 0.1) is 0 Å². The fraction of sp³-hybridized carbons (Fsp3) is 0.517. The molecule has 38 heavy (non-hydrogen) atoms. The van der Waals surface area contributed by atoms with Crippen molar-refractivity contribution in [3.63, 3.8) is 0 Å². The molecule has 0 aliphatic carbocycles. The Morgan fingerprint density at radius 1 is 1.13 bits per heavy atom. The number of hydrogen-bond acceptors (Lipinski definition) is 6. The molecule has 0 spiro atoms. The molecule has 0 radical (unpaired) electrons. The summed E-state index contributed by atoms with van der Waals surface area (Å²) in [6, 6.07) is 11.4. The molecule has 0 unspecified atom stereocenters. The fourth-order valence-corrected chi connectivity index (χ4v) is 5.12. The van der Waals surface area contributed by atoms with Gasteiger partial charge >= 0.3 is 5.97 Å². The molecule has 3 aromatic rings. The third kappa shape index (κ3) is 7.08. The Bertz CT molecular complexity index is 1170. The number of halogens is 2. The molecular weight excluding hydrogens is 492 g/mol. The van der Waals surface area contributed by atoms with Crippen LogP contribution in [-0.4, -0.2) is 66.3 Å². The minimum atomic E-state index is -2.43. The van der Waals surface area contributed by atoms with Crippen molar-refractivity contribution in [1.29, 1.82) is 0 Å². The Labute approximate surface area is 222 Å². The second-order valence-corrected chi connectivity index (χ2v) is 9.65. The van der Waals surface area contributed by atoms with E-state index in [1.54, 1.807) is 13.1 Å². The predicted molar refractivity (Wildman–Crippen MR) is 142 cm³/mol. The number of aromatic amines is 1. The van der Waals surface area contributed by atoms with E-state index in [1.807, 2.05) is 42.2 Å². The van der Waals surface area contributed by atoms with Gasteiger partial charge in [-0.2, -0.15) is 0 Å². The van der Waals surface area contributed by atoms with Gasteiger partial charge in [0.05, 0.1) is 37.7 Å². The molecular formula is C29H37F2N3O4. The molecule has 0 bridgehead atoms. The third-order valence-corrected chi connectivity index (χ3v) is 6.88. The van der Waals surface area contributed by atoms with Crippen LogP contribution in [0.2, 0.25) is 0 Å². The summed E-state index contributed by atoms with van der Waals surface area (Å²) in [5.41, 5.74) is 3.86. The first-order valence-electron chi connectivity index (χ1n) is 13.4. The highest BCUT2D eigenvalue weighted by molar-refractivity contribution is 5.85. The summed E-state index contributed by atoms with van der Waals surface area (Å²) in [5, 5.41) is 1.14. The van der Waals surface area contributed by atoms with Gasteiger partial charge < -0.3 is 19.2 Å². The van der Waals surface area contributed by atoms with Crippen LogP contribution in [0.4, 0.5) is 8.78 Å². The van der Waals surface area contributed by atoms with Crippen molar-refractivity contribution in [2.24, 2.45) is 0 Å². The van der Waals surface area contributed by atoms with Gasteiger partial charge in [0.2, 0.25) is 0 Å². The first kappa shape index (κ1) is 28.0. The molecule has 0 amide bonds. The number of fused-ring (bicyclic) bond motifs is 3. The summed E-state index contributed by atoms with van der Waals surface area (Å²) in [6.45, 7) is 4.92. The van der Waals surface area contributed by atoms with Crippen molar-refractivity contribution < 1.29 is 27.8 Å². The van der Waals surface area contributed by atoms with Crippen LogP contribution in [-0.2, 0) is 20.7 Å². The maximum atomic E-state index is 13.6. The van der Waals surface area contributed by atoms with Crippen LogP contribution in [0.3, 0.4) is 0 Å². The number of carbonyl (C=O) groups is 1. The van der Waals surface area contributed by atoms with Crippen molar-refractivity contribution in [1.82, 2.24) is 14.9 Å². The average molecular weight is 530 g/mol. The summed E-state index contributed by atoms with van der Waals surface area (Å²) in [6.07, 6.45) is 3.69. The molecule has 1 aliphatic heterocycles. The van der Waals surface area contributed by atoms with Crippen molar-refractivity contribution in [2.45, 2.75) is 64.5 Å². The van der Waals surface area contributed by atoms with E-state index in [1.165, 1.54) is 5.56 Å². The van der Waals surface area contributed by atoms with Gasteiger partial charge in [0.25, 0.3) is 6.43 Å². The molecule has 3 heterocycles. The van der Waals surface area contributed by atoms with E-state index in [0.29, 0.717) is 32.0 Å². The molecule has 1 N–H and O–H groups in total. The number of para-hydroxylation sites is 1. The summed E-state index contributed by atoms with van der Waals surface area (Å²) >= 11 is 0. The zero-order valence-corrected chi connectivity index (χ0v) is 22.1. The summed E-state index contributed by atoms with van der Waals surface area (Å²) in [4.78, 5) is 21.2. The number of ether oxygens (including phenoxy) is 3.